The van der Waals surface area contributed by atoms with E-state index in [0.717, 1.165) is 5.56 Å². The van der Waals surface area contributed by atoms with Gasteiger partial charge in [-0.2, -0.15) is 0 Å². The minimum absolute atomic E-state index is 0.345. The normalized spacial score (nSPS) is 10.0. The van der Waals surface area contributed by atoms with Crippen LogP contribution in [0, 0.1) is 0 Å². The molecular weight excluding hydrogens is 244 g/mol. The molecule has 0 unspecified atom stereocenters. The van der Waals surface area contributed by atoms with Gasteiger partial charge in [-0.1, -0.05) is 0 Å². The molecule has 0 saturated carbocycles. The van der Waals surface area contributed by atoms with Crippen molar-refractivity contribution in [2.75, 3.05) is 20.0 Å². The Kier molecular flexibility index (Phi) is 4.07. The smallest absolute Gasteiger partial charge is 0.219 e. The minimum atomic E-state index is 0.345. The van der Waals surface area contributed by atoms with Crippen molar-refractivity contribution in [3.63, 3.8) is 0 Å². The molecular formula is C14H16N2O3. The Hall–Kier alpha value is -2.43. The first-order valence-corrected chi connectivity index (χ1v) is 5.78. The van der Waals surface area contributed by atoms with Crippen molar-refractivity contribution >= 4 is 5.69 Å². The lowest BCUT2D eigenvalue weighted by Crippen LogP contribution is -2.01. The standard InChI is InChI=1S/C14H16N2O3/c1-17-13-8-11(15)5-6-12(13)19-9-10-4-3-7-16-14(10)18-2/h3-8H,9,15H2,1-2H3. The lowest BCUT2D eigenvalue weighted by atomic mass is 10.2. The molecule has 0 aliphatic heterocycles. The molecule has 0 bridgehead atoms. The Labute approximate surface area is 111 Å². The van der Waals surface area contributed by atoms with Gasteiger partial charge in [0, 0.05) is 18.0 Å². The monoisotopic (exact) mass is 260 g/mol. The van der Waals surface area contributed by atoms with Gasteiger partial charge in [0.25, 0.3) is 0 Å². The highest BCUT2D eigenvalue weighted by Crippen LogP contribution is 2.30. The predicted molar refractivity (Wildman–Crippen MR) is 72.5 cm³/mol. The molecule has 0 spiro atoms. The van der Waals surface area contributed by atoms with Crippen molar-refractivity contribution in [1.29, 1.82) is 0 Å². The van der Waals surface area contributed by atoms with Gasteiger partial charge in [-0.15, -0.1) is 0 Å². The number of rotatable bonds is 5. The van der Waals surface area contributed by atoms with Crippen LogP contribution < -0.4 is 19.9 Å². The lowest BCUT2D eigenvalue weighted by Gasteiger charge is -2.12. The second-order valence-corrected chi connectivity index (χ2v) is 3.87. The molecule has 0 aliphatic carbocycles. The molecule has 5 heteroatoms. The number of nitrogens with zero attached hydrogens (tertiary/aromatic N) is 1. The van der Waals surface area contributed by atoms with Crippen molar-refractivity contribution in [1.82, 2.24) is 4.98 Å². The zero-order valence-electron chi connectivity index (χ0n) is 10.9. The molecule has 1 aromatic heterocycles. The van der Waals surface area contributed by atoms with Crippen LogP contribution in [0.1, 0.15) is 5.56 Å². The number of nitrogen functional groups attached to an aromatic ring is 1. The van der Waals surface area contributed by atoms with Crippen molar-refractivity contribution in [2.24, 2.45) is 0 Å². The molecule has 0 atom stereocenters. The van der Waals surface area contributed by atoms with Crippen molar-refractivity contribution in [3.8, 4) is 17.4 Å². The zero-order valence-corrected chi connectivity index (χ0v) is 10.9. The van der Waals surface area contributed by atoms with Gasteiger partial charge in [0.15, 0.2) is 11.5 Å². The van der Waals surface area contributed by atoms with Gasteiger partial charge in [0.1, 0.15) is 6.61 Å². The van der Waals surface area contributed by atoms with E-state index in [1.165, 1.54) is 0 Å². The Balaban J connectivity index is 2.14. The van der Waals surface area contributed by atoms with Gasteiger partial charge in [0.2, 0.25) is 5.88 Å². The first kappa shape index (κ1) is 13.0. The summed E-state index contributed by atoms with van der Waals surface area (Å²) in [7, 11) is 3.15. The van der Waals surface area contributed by atoms with Crippen LogP contribution in [0.5, 0.6) is 17.4 Å². The summed E-state index contributed by atoms with van der Waals surface area (Å²) in [5.74, 6) is 1.78. The van der Waals surface area contributed by atoms with Crippen LogP contribution in [-0.2, 0) is 6.61 Å². The quantitative estimate of drug-likeness (QED) is 0.835. The zero-order chi connectivity index (χ0) is 13.7. The van der Waals surface area contributed by atoms with Crippen LogP contribution >= 0.6 is 0 Å². The van der Waals surface area contributed by atoms with E-state index < -0.39 is 0 Å². The number of methoxy groups -OCH3 is 2. The Morgan fingerprint density at radius 3 is 2.68 bits per heavy atom. The average molecular weight is 260 g/mol. The average Bonchev–Trinajstić information content (AvgIpc) is 2.46. The number of nitrogens with two attached hydrogens (primary N) is 1. The van der Waals surface area contributed by atoms with Crippen LogP contribution in [0.2, 0.25) is 0 Å². The summed E-state index contributed by atoms with van der Waals surface area (Å²) < 4.78 is 16.1. The summed E-state index contributed by atoms with van der Waals surface area (Å²) >= 11 is 0. The predicted octanol–water partition coefficient (Wildman–Crippen LogP) is 2.26. The maximum atomic E-state index is 5.71. The first-order chi connectivity index (χ1) is 9.24. The van der Waals surface area contributed by atoms with E-state index in [4.69, 9.17) is 19.9 Å². The van der Waals surface area contributed by atoms with E-state index in [0.29, 0.717) is 29.7 Å². The maximum absolute atomic E-state index is 5.71. The second-order valence-electron chi connectivity index (χ2n) is 3.87. The molecule has 2 N–H and O–H groups in total. The van der Waals surface area contributed by atoms with Gasteiger partial charge in [-0.05, 0) is 24.3 Å². The molecule has 19 heavy (non-hydrogen) atoms. The third-order valence-corrected chi connectivity index (χ3v) is 2.61. The number of ether oxygens (including phenoxy) is 3. The largest absolute Gasteiger partial charge is 0.493 e. The van der Waals surface area contributed by atoms with Crippen LogP contribution in [0.3, 0.4) is 0 Å². The number of pyridine rings is 1. The van der Waals surface area contributed by atoms with E-state index >= 15 is 0 Å². The minimum Gasteiger partial charge on any atom is -0.493 e. The first-order valence-electron chi connectivity index (χ1n) is 5.78. The molecule has 0 radical (unpaired) electrons. The van der Waals surface area contributed by atoms with Gasteiger partial charge < -0.3 is 19.9 Å². The highest BCUT2D eigenvalue weighted by atomic mass is 16.5. The summed E-state index contributed by atoms with van der Waals surface area (Å²) in [6, 6.07) is 8.99. The van der Waals surface area contributed by atoms with E-state index in [1.807, 2.05) is 12.1 Å². The van der Waals surface area contributed by atoms with Crippen LogP contribution in [0.4, 0.5) is 5.69 Å². The van der Waals surface area contributed by atoms with E-state index in [1.54, 1.807) is 38.6 Å². The van der Waals surface area contributed by atoms with Crippen molar-refractivity contribution in [3.05, 3.63) is 42.1 Å². The highest BCUT2D eigenvalue weighted by Gasteiger charge is 2.08. The van der Waals surface area contributed by atoms with Crippen LogP contribution in [0.25, 0.3) is 0 Å². The molecule has 2 aromatic rings. The van der Waals surface area contributed by atoms with E-state index in [9.17, 15) is 0 Å². The molecule has 1 aromatic carbocycles. The summed E-state index contributed by atoms with van der Waals surface area (Å²) in [6.07, 6.45) is 1.67. The number of benzene rings is 1. The maximum Gasteiger partial charge on any atom is 0.219 e. The molecule has 0 amide bonds. The summed E-state index contributed by atoms with van der Waals surface area (Å²) in [5.41, 5.74) is 7.18. The Bertz CT molecular complexity index is 558. The fourth-order valence-corrected chi connectivity index (χ4v) is 1.68. The SMILES string of the molecule is COc1cc(N)ccc1OCc1cccnc1OC. The fourth-order valence-electron chi connectivity index (χ4n) is 1.68. The van der Waals surface area contributed by atoms with Crippen LogP contribution in [-0.4, -0.2) is 19.2 Å². The third-order valence-electron chi connectivity index (χ3n) is 2.61. The number of hydrogen-bond donors (Lipinski definition) is 1. The molecule has 0 saturated heterocycles. The molecule has 100 valence electrons. The molecule has 2 rings (SSSR count). The summed E-state index contributed by atoms with van der Waals surface area (Å²) in [6.45, 7) is 0.345. The molecule has 5 nitrogen and oxygen atoms in total. The highest BCUT2D eigenvalue weighted by molar-refractivity contribution is 5.52. The fraction of sp³-hybridized carbons (Fsp3) is 0.214. The summed E-state index contributed by atoms with van der Waals surface area (Å²) in [4.78, 5) is 4.11. The third kappa shape index (κ3) is 3.07. The molecule has 0 aliphatic rings. The van der Waals surface area contributed by atoms with Crippen molar-refractivity contribution < 1.29 is 14.2 Å². The molecule has 1 heterocycles. The molecule has 0 fully saturated rings. The lowest BCUT2D eigenvalue weighted by molar-refractivity contribution is 0.276. The summed E-state index contributed by atoms with van der Waals surface area (Å²) in [5, 5.41) is 0. The van der Waals surface area contributed by atoms with Gasteiger partial charge in [-0.3, -0.25) is 0 Å². The Morgan fingerprint density at radius 2 is 1.95 bits per heavy atom. The van der Waals surface area contributed by atoms with Gasteiger partial charge >= 0.3 is 0 Å². The van der Waals surface area contributed by atoms with E-state index in [-0.39, 0.29) is 0 Å². The van der Waals surface area contributed by atoms with Crippen molar-refractivity contribution in [2.45, 2.75) is 6.61 Å². The van der Waals surface area contributed by atoms with Crippen LogP contribution in [0.15, 0.2) is 36.5 Å². The Morgan fingerprint density at radius 1 is 1.11 bits per heavy atom. The topological polar surface area (TPSA) is 66.6 Å². The van der Waals surface area contributed by atoms with Gasteiger partial charge in [-0.25, -0.2) is 4.98 Å². The van der Waals surface area contributed by atoms with E-state index in [2.05, 4.69) is 4.98 Å². The van der Waals surface area contributed by atoms with Gasteiger partial charge in [0.05, 0.1) is 19.8 Å². The second kappa shape index (κ2) is 5.95. The number of aromatic nitrogens is 1. The number of anilines is 1. The number of hydrogen-bond acceptors (Lipinski definition) is 5.